The molecule has 0 bridgehead atoms. The molecule has 4 nitrogen and oxygen atoms in total. The van der Waals surface area contributed by atoms with Crippen LogP contribution in [0.5, 0.6) is 0 Å². The third kappa shape index (κ3) is 2.46. The van der Waals surface area contributed by atoms with Gasteiger partial charge in [-0.15, -0.1) is 0 Å². The van der Waals surface area contributed by atoms with Crippen molar-refractivity contribution >= 4 is 11.7 Å². The highest BCUT2D eigenvalue weighted by Gasteiger charge is 2.18. The van der Waals surface area contributed by atoms with E-state index in [1.165, 1.54) is 24.7 Å². The summed E-state index contributed by atoms with van der Waals surface area (Å²) in [6, 6.07) is 0.631. The zero-order chi connectivity index (χ0) is 9.10. The van der Waals surface area contributed by atoms with E-state index in [4.69, 9.17) is 0 Å². The largest absolute Gasteiger partial charge is 0.307 e. The number of hydrogen-bond donors (Lipinski definition) is 1. The van der Waals surface area contributed by atoms with E-state index in [0.717, 1.165) is 18.8 Å². The fraction of sp³-hybridized carbons (Fsp3) is 0.750. The highest BCUT2D eigenvalue weighted by atomic mass is 32.1. The molecule has 0 radical (unpaired) electrons. The van der Waals surface area contributed by atoms with E-state index in [-0.39, 0.29) is 0 Å². The summed E-state index contributed by atoms with van der Waals surface area (Å²) < 4.78 is 8.11. The summed E-state index contributed by atoms with van der Waals surface area (Å²) in [6.07, 6.45) is 3.07. The monoisotopic (exact) mass is 198 g/mol. The van der Waals surface area contributed by atoms with Gasteiger partial charge in [-0.3, -0.25) is 0 Å². The summed E-state index contributed by atoms with van der Waals surface area (Å²) in [5, 5.41) is 3.48. The van der Waals surface area contributed by atoms with Crippen LogP contribution in [0, 0.1) is 0 Å². The number of nitrogens with zero attached hydrogens (tertiary/aromatic N) is 3. The first kappa shape index (κ1) is 9.05. The summed E-state index contributed by atoms with van der Waals surface area (Å²) >= 11 is 1.27. The number of rotatable bonds is 3. The summed E-state index contributed by atoms with van der Waals surface area (Å²) in [6.45, 7) is 3.21. The van der Waals surface area contributed by atoms with Crippen LogP contribution in [0.25, 0.3) is 0 Å². The minimum atomic E-state index is 0.631. The van der Waals surface area contributed by atoms with Gasteiger partial charge in [0.05, 0.1) is 23.6 Å². The molecule has 2 rings (SSSR count). The highest BCUT2D eigenvalue weighted by Crippen LogP contribution is 2.06. The first-order valence-corrected chi connectivity index (χ1v) is 5.26. The second-order valence-electron chi connectivity index (χ2n) is 3.53. The average Bonchev–Trinajstić information content (AvgIpc) is 2.71. The van der Waals surface area contributed by atoms with Crippen molar-refractivity contribution in [3.05, 3.63) is 11.9 Å². The number of aromatic nitrogens is 2. The quantitative estimate of drug-likeness (QED) is 0.760. The molecule has 5 heteroatoms. The van der Waals surface area contributed by atoms with Crippen molar-refractivity contribution in [2.45, 2.75) is 19.0 Å². The van der Waals surface area contributed by atoms with E-state index < -0.39 is 0 Å². The minimum Gasteiger partial charge on any atom is -0.307 e. The fourth-order valence-electron chi connectivity index (χ4n) is 1.61. The van der Waals surface area contributed by atoms with Crippen LogP contribution < -0.4 is 5.32 Å². The van der Waals surface area contributed by atoms with Crippen LogP contribution in [-0.2, 0) is 6.54 Å². The lowest BCUT2D eigenvalue weighted by atomic mass is 10.2. The van der Waals surface area contributed by atoms with Crippen molar-refractivity contribution in [2.24, 2.45) is 0 Å². The molecule has 1 N–H and O–H groups in total. The van der Waals surface area contributed by atoms with E-state index in [2.05, 4.69) is 26.0 Å². The Morgan fingerprint density at radius 3 is 3.31 bits per heavy atom. The van der Waals surface area contributed by atoms with Gasteiger partial charge in [-0.05, 0) is 20.0 Å². The lowest BCUT2D eigenvalue weighted by Crippen LogP contribution is -2.30. The van der Waals surface area contributed by atoms with Gasteiger partial charge in [0, 0.05) is 19.1 Å². The number of likely N-dealkylation sites (N-methyl/N-ethyl adjacent to an activating group) is 1. The maximum Gasteiger partial charge on any atom is 0.0880 e. The average molecular weight is 198 g/mol. The molecule has 1 atom stereocenters. The second-order valence-corrected chi connectivity index (χ2v) is 4.08. The van der Waals surface area contributed by atoms with Crippen LogP contribution in [0.3, 0.4) is 0 Å². The van der Waals surface area contributed by atoms with Gasteiger partial charge in [0.1, 0.15) is 0 Å². The van der Waals surface area contributed by atoms with Crippen molar-refractivity contribution < 1.29 is 0 Å². The molecule has 1 saturated heterocycles. The van der Waals surface area contributed by atoms with Gasteiger partial charge in [-0.2, -0.15) is 8.75 Å². The normalized spacial score (nSPS) is 23.9. The molecule has 1 unspecified atom stereocenters. The summed E-state index contributed by atoms with van der Waals surface area (Å²) in [5.74, 6) is 0. The summed E-state index contributed by atoms with van der Waals surface area (Å²) in [7, 11) is 2.16. The third-order valence-corrected chi connectivity index (χ3v) is 2.89. The molecule has 1 fully saturated rings. The molecule has 0 saturated carbocycles. The summed E-state index contributed by atoms with van der Waals surface area (Å²) in [5.41, 5.74) is 1.06. The van der Waals surface area contributed by atoms with Crippen LogP contribution in [0.2, 0.25) is 0 Å². The van der Waals surface area contributed by atoms with Crippen molar-refractivity contribution in [1.29, 1.82) is 0 Å². The third-order valence-electron chi connectivity index (χ3n) is 2.37. The number of likely N-dealkylation sites (tertiary alicyclic amines) is 1. The Labute approximate surface area is 82.3 Å². The first-order valence-electron chi connectivity index (χ1n) is 4.53. The van der Waals surface area contributed by atoms with Crippen molar-refractivity contribution in [2.75, 3.05) is 20.1 Å². The molecule has 1 aromatic heterocycles. The van der Waals surface area contributed by atoms with Crippen molar-refractivity contribution in [3.8, 4) is 0 Å². The van der Waals surface area contributed by atoms with Gasteiger partial charge in [0.2, 0.25) is 0 Å². The lowest BCUT2D eigenvalue weighted by Gasteiger charge is -2.10. The zero-order valence-corrected chi connectivity index (χ0v) is 8.55. The van der Waals surface area contributed by atoms with E-state index in [9.17, 15) is 0 Å². The van der Waals surface area contributed by atoms with Crippen LogP contribution in [-0.4, -0.2) is 39.8 Å². The van der Waals surface area contributed by atoms with Gasteiger partial charge in [0.25, 0.3) is 0 Å². The van der Waals surface area contributed by atoms with Crippen molar-refractivity contribution in [3.63, 3.8) is 0 Å². The lowest BCUT2D eigenvalue weighted by molar-refractivity contribution is 0.397. The molecule has 1 aliphatic rings. The van der Waals surface area contributed by atoms with E-state index in [0.29, 0.717) is 6.04 Å². The summed E-state index contributed by atoms with van der Waals surface area (Å²) in [4.78, 5) is 2.34. The van der Waals surface area contributed by atoms with Crippen LogP contribution in [0.15, 0.2) is 6.20 Å². The van der Waals surface area contributed by atoms with Crippen LogP contribution in [0.4, 0.5) is 0 Å². The zero-order valence-electron chi connectivity index (χ0n) is 7.73. The Hall–Kier alpha value is -0.520. The molecule has 1 aromatic rings. The molecule has 0 spiro atoms. The SMILES string of the molecule is CN1CCC(NCc2cnsn2)C1. The predicted octanol–water partition coefficient (Wildman–Crippen LogP) is 0.332. The molecular weight excluding hydrogens is 184 g/mol. The molecule has 0 aliphatic carbocycles. The van der Waals surface area contributed by atoms with Gasteiger partial charge < -0.3 is 10.2 Å². The van der Waals surface area contributed by atoms with Gasteiger partial charge in [-0.1, -0.05) is 0 Å². The van der Waals surface area contributed by atoms with Crippen LogP contribution >= 0.6 is 11.7 Å². The molecule has 2 heterocycles. The Morgan fingerprint density at radius 1 is 1.77 bits per heavy atom. The highest BCUT2D eigenvalue weighted by molar-refractivity contribution is 6.99. The molecule has 0 amide bonds. The fourth-order valence-corrected chi connectivity index (χ4v) is 2.04. The van der Waals surface area contributed by atoms with E-state index >= 15 is 0 Å². The van der Waals surface area contributed by atoms with Gasteiger partial charge in [0.15, 0.2) is 0 Å². The minimum absolute atomic E-state index is 0.631. The maximum absolute atomic E-state index is 4.15. The Balaban J connectivity index is 1.74. The van der Waals surface area contributed by atoms with Crippen LogP contribution in [0.1, 0.15) is 12.1 Å². The smallest absolute Gasteiger partial charge is 0.0880 e. The van der Waals surface area contributed by atoms with Gasteiger partial charge >= 0.3 is 0 Å². The van der Waals surface area contributed by atoms with E-state index in [1.54, 1.807) is 0 Å². The first-order chi connectivity index (χ1) is 6.34. The molecule has 1 aliphatic heterocycles. The van der Waals surface area contributed by atoms with Crippen molar-refractivity contribution in [1.82, 2.24) is 19.0 Å². The van der Waals surface area contributed by atoms with Gasteiger partial charge in [-0.25, -0.2) is 0 Å². The predicted molar refractivity (Wildman–Crippen MR) is 52.7 cm³/mol. The number of nitrogens with one attached hydrogen (secondary N) is 1. The molecule has 72 valence electrons. The topological polar surface area (TPSA) is 41.0 Å². The molecule has 13 heavy (non-hydrogen) atoms. The van der Waals surface area contributed by atoms with E-state index in [1.807, 2.05) is 6.20 Å². The molecule has 0 aromatic carbocycles. The standard InChI is InChI=1S/C8H14N4S/c1-12-3-2-7(6-12)9-4-8-5-10-13-11-8/h5,7,9H,2-4,6H2,1H3. The maximum atomic E-state index is 4.15. The second kappa shape index (κ2) is 4.13. The Bertz CT molecular complexity index is 249. The number of hydrogen-bond acceptors (Lipinski definition) is 5. The Kier molecular flexibility index (Phi) is 2.87. The molecular formula is C8H14N4S. The Morgan fingerprint density at radius 2 is 2.69 bits per heavy atom.